The van der Waals surface area contributed by atoms with Gasteiger partial charge in [0, 0.05) is 75.1 Å². The first-order chi connectivity index (χ1) is 30.0. The Balaban J connectivity index is 1.15. The Kier molecular flexibility index (Phi) is 6.52. The van der Waals surface area contributed by atoms with Crippen LogP contribution in [0.1, 0.15) is 52.7 Å². The number of aromatic nitrogens is 1. The molecule has 8 aromatic carbocycles. The summed E-state index contributed by atoms with van der Waals surface area (Å²) >= 11 is 1.89. The van der Waals surface area contributed by atoms with E-state index in [0.29, 0.717) is 0 Å². The summed E-state index contributed by atoms with van der Waals surface area (Å²) in [6.07, 6.45) is 0. The van der Waals surface area contributed by atoms with E-state index in [0.717, 1.165) is 43.9 Å². The van der Waals surface area contributed by atoms with Gasteiger partial charge in [0.25, 0.3) is 0 Å². The Morgan fingerprint density at radius 1 is 0.468 bits per heavy atom. The highest BCUT2D eigenvalue weighted by Crippen LogP contribution is 2.49. The zero-order valence-electron chi connectivity index (χ0n) is 35.5. The maximum atomic E-state index is 6.77. The number of thiophene rings is 1. The lowest BCUT2D eigenvalue weighted by Crippen LogP contribution is -2.60. The molecule has 4 nitrogen and oxygen atoms in total. The average Bonchev–Trinajstić information content (AvgIpc) is 4.01. The van der Waals surface area contributed by atoms with Crippen LogP contribution in [-0.2, 0) is 10.8 Å². The smallest absolute Gasteiger partial charge is 0.333 e. The number of anilines is 2. The van der Waals surface area contributed by atoms with Crippen LogP contribution in [0.15, 0.2) is 148 Å². The van der Waals surface area contributed by atoms with Crippen molar-refractivity contribution >= 4 is 126 Å². The van der Waals surface area contributed by atoms with E-state index in [2.05, 4.69) is 190 Å². The molecular weight excluding hydrogens is 776 g/mol. The van der Waals surface area contributed by atoms with E-state index in [4.69, 9.17) is 8.83 Å². The minimum Gasteiger partial charge on any atom is -0.456 e. The van der Waals surface area contributed by atoms with Crippen molar-refractivity contribution in [3.8, 4) is 16.8 Å². The summed E-state index contributed by atoms with van der Waals surface area (Å²) in [5.74, 6) is 0. The van der Waals surface area contributed by atoms with Crippen molar-refractivity contribution in [3.05, 3.63) is 151 Å². The summed E-state index contributed by atoms with van der Waals surface area (Å²) < 4.78 is 18.5. The summed E-state index contributed by atoms with van der Waals surface area (Å²) in [5, 5.41) is 9.63. The minimum absolute atomic E-state index is 0.00816. The number of para-hydroxylation sites is 1. The molecule has 0 aliphatic carbocycles. The number of hydrogen-bond acceptors (Lipinski definition) is 4. The summed E-state index contributed by atoms with van der Waals surface area (Å²) in [5.41, 5.74) is 17.4. The van der Waals surface area contributed by atoms with E-state index < -0.39 is 0 Å². The Morgan fingerprint density at radius 2 is 1.16 bits per heavy atom. The fourth-order valence-electron chi connectivity index (χ4n) is 11.0. The third-order valence-corrected chi connectivity index (χ3v) is 15.2. The molecule has 0 radical (unpaired) electrons. The van der Waals surface area contributed by atoms with Crippen molar-refractivity contribution in [3.63, 3.8) is 0 Å². The highest BCUT2D eigenvalue weighted by atomic mass is 32.1. The Hall–Kier alpha value is -6.76. The maximum absolute atomic E-state index is 6.77. The Morgan fingerprint density at radius 3 is 1.97 bits per heavy atom. The molecule has 0 amide bonds. The molecule has 0 unspecified atom stereocenters. The molecule has 0 spiro atoms. The van der Waals surface area contributed by atoms with Crippen LogP contribution >= 0.6 is 11.3 Å². The van der Waals surface area contributed by atoms with Crippen molar-refractivity contribution in [2.45, 2.75) is 52.4 Å². The molecule has 0 saturated carbocycles. The SMILES string of the molecule is CC(C)(C)c1ccc(N2B3c4cc5c(cc4-n4c6cc7c(cc6c6ccc(c3c64)-c3cc4oc6ccc(C(C)(C)C)cc6c4cc32)oc2ccccc27)sc2ccccc25)cc1. The fraction of sp³-hybridized carbons (Fsp3) is 0.143. The van der Waals surface area contributed by atoms with Crippen LogP contribution < -0.4 is 15.7 Å². The number of nitrogens with zero attached hydrogens (tertiary/aromatic N) is 2. The summed E-state index contributed by atoms with van der Waals surface area (Å²) in [6, 6.07) is 52.6. The molecule has 0 saturated heterocycles. The van der Waals surface area contributed by atoms with Gasteiger partial charge in [-0.3, -0.25) is 0 Å². The molecule has 6 heteroatoms. The molecule has 2 aliphatic heterocycles. The Labute approximate surface area is 362 Å². The molecule has 12 aromatic rings. The largest absolute Gasteiger partial charge is 0.456 e. The molecule has 0 atom stereocenters. The fourth-order valence-corrected chi connectivity index (χ4v) is 12.1. The van der Waals surface area contributed by atoms with Gasteiger partial charge in [0.1, 0.15) is 22.3 Å². The van der Waals surface area contributed by atoms with Gasteiger partial charge in [0.2, 0.25) is 0 Å². The quantitative estimate of drug-likeness (QED) is 0.155. The lowest BCUT2D eigenvalue weighted by atomic mass is 9.44. The standard InChI is InChI=1S/C56H41BN2O2S/c1-55(2,3)30-15-18-32(19-16-30)59-45-26-41-39-23-31(56(4,5)6)17-22-48(39)61-50(41)27-37(45)35-20-21-36-38-28-49-40(33-11-7-9-13-47(33)60-49)25-44(38)58-46-29-52-42(34-12-8-10-14-51(34)62-52)24-43(46)57(59)53(35)54(36)58/h7-29H,1-6H3. The normalized spacial score (nSPS) is 13.9. The number of hydrogen-bond donors (Lipinski definition) is 0. The van der Waals surface area contributed by atoms with Crippen LogP contribution in [0, 0.1) is 0 Å². The van der Waals surface area contributed by atoms with E-state index in [-0.39, 0.29) is 17.7 Å². The first-order valence-corrected chi connectivity index (χ1v) is 22.6. The zero-order chi connectivity index (χ0) is 41.6. The van der Waals surface area contributed by atoms with Gasteiger partial charge in [0.05, 0.1) is 11.0 Å². The van der Waals surface area contributed by atoms with Gasteiger partial charge in [-0.15, -0.1) is 11.3 Å². The van der Waals surface area contributed by atoms with E-state index in [1.165, 1.54) is 92.2 Å². The zero-order valence-corrected chi connectivity index (χ0v) is 36.3. The molecule has 6 heterocycles. The number of rotatable bonds is 1. The third kappa shape index (κ3) is 4.52. The first-order valence-electron chi connectivity index (χ1n) is 21.8. The molecule has 296 valence electrons. The molecule has 2 aliphatic rings. The monoisotopic (exact) mass is 816 g/mol. The number of benzene rings is 8. The van der Waals surface area contributed by atoms with Crippen molar-refractivity contribution in [1.82, 2.24) is 4.57 Å². The van der Waals surface area contributed by atoms with Gasteiger partial charge in [-0.2, -0.15) is 0 Å². The lowest BCUT2D eigenvalue weighted by molar-refractivity contribution is 0.590. The van der Waals surface area contributed by atoms with E-state index in [9.17, 15) is 0 Å². The summed E-state index contributed by atoms with van der Waals surface area (Å²) in [6.45, 7) is 13.6. The van der Waals surface area contributed by atoms with Crippen molar-refractivity contribution in [2.75, 3.05) is 4.81 Å². The first kappa shape index (κ1) is 34.9. The second-order valence-corrected chi connectivity index (χ2v) is 20.8. The van der Waals surface area contributed by atoms with E-state index in [1.54, 1.807) is 0 Å². The van der Waals surface area contributed by atoms with Crippen LogP contribution in [0.2, 0.25) is 0 Å². The second-order valence-electron chi connectivity index (χ2n) is 19.7. The van der Waals surface area contributed by atoms with Crippen molar-refractivity contribution in [2.24, 2.45) is 0 Å². The van der Waals surface area contributed by atoms with Gasteiger partial charge in [-0.1, -0.05) is 114 Å². The minimum atomic E-state index is -0.110. The maximum Gasteiger partial charge on any atom is 0.333 e. The second kappa shape index (κ2) is 11.6. The molecule has 62 heavy (non-hydrogen) atoms. The lowest BCUT2D eigenvalue weighted by Gasteiger charge is -2.42. The molecular formula is C56H41BN2O2S. The van der Waals surface area contributed by atoms with Crippen LogP contribution in [0.5, 0.6) is 0 Å². The summed E-state index contributed by atoms with van der Waals surface area (Å²) in [4.78, 5) is 2.65. The molecule has 0 bridgehead atoms. The molecule has 0 N–H and O–H groups in total. The average molecular weight is 817 g/mol. The van der Waals surface area contributed by atoms with Gasteiger partial charge in [-0.05, 0) is 105 Å². The van der Waals surface area contributed by atoms with Crippen molar-refractivity contribution < 1.29 is 8.83 Å². The molecule has 4 aromatic heterocycles. The van der Waals surface area contributed by atoms with Crippen LogP contribution in [0.25, 0.3) is 103 Å². The number of fused-ring (bicyclic) bond motifs is 17. The number of furan rings is 2. The van der Waals surface area contributed by atoms with Gasteiger partial charge < -0.3 is 18.2 Å². The third-order valence-electron chi connectivity index (χ3n) is 14.1. The predicted octanol–water partition coefficient (Wildman–Crippen LogP) is 14.8. The highest BCUT2D eigenvalue weighted by Gasteiger charge is 2.44. The topological polar surface area (TPSA) is 34.5 Å². The van der Waals surface area contributed by atoms with E-state index >= 15 is 0 Å². The molecule has 0 fully saturated rings. The highest BCUT2D eigenvalue weighted by molar-refractivity contribution is 7.26. The van der Waals surface area contributed by atoms with E-state index in [1.807, 2.05) is 11.3 Å². The van der Waals surface area contributed by atoms with Crippen LogP contribution in [0.3, 0.4) is 0 Å². The van der Waals surface area contributed by atoms with Gasteiger partial charge in [-0.25, -0.2) is 0 Å². The predicted molar refractivity (Wildman–Crippen MR) is 265 cm³/mol. The van der Waals surface area contributed by atoms with Crippen molar-refractivity contribution in [1.29, 1.82) is 0 Å². The van der Waals surface area contributed by atoms with Crippen LogP contribution in [-0.4, -0.2) is 11.4 Å². The Bertz CT molecular complexity index is 3960. The molecule has 14 rings (SSSR count). The van der Waals surface area contributed by atoms with Gasteiger partial charge in [0.15, 0.2) is 0 Å². The van der Waals surface area contributed by atoms with Crippen LogP contribution in [0.4, 0.5) is 11.4 Å². The van der Waals surface area contributed by atoms with Gasteiger partial charge >= 0.3 is 6.85 Å². The summed E-state index contributed by atoms with van der Waals surface area (Å²) in [7, 11) is 0.